The van der Waals surface area contributed by atoms with Crippen molar-refractivity contribution < 1.29 is 18.7 Å². The van der Waals surface area contributed by atoms with E-state index in [1.165, 1.54) is 23.0 Å². The van der Waals surface area contributed by atoms with Crippen LogP contribution in [0.5, 0.6) is 0 Å². The van der Waals surface area contributed by atoms with Crippen LogP contribution in [0.1, 0.15) is 10.4 Å². The molecule has 6 heteroatoms. The molecule has 0 fully saturated rings. The van der Waals surface area contributed by atoms with Crippen molar-refractivity contribution in [3.05, 3.63) is 59.9 Å². The number of hydrogen-bond donors (Lipinski definition) is 1. The first-order valence-corrected chi connectivity index (χ1v) is 5.72. The molecule has 0 atom stereocenters. The van der Waals surface area contributed by atoms with E-state index in [2.05, 4.69) is 4.98 Å². The molecular formula is C14H8F2N2O2. The van der Waals surface area contributed by atoms with Crippen molar-refractivity contribution in [3.63, 3.8) is 0 Å². The molecule has 1 aromatic heterocycles. The molecule has 0 amide bonds. The molecule has 20 heavy (non-hydrogen) atoms. The number of nitrogens with zero attached hydrogens (tertiary/aromatic N) is 2. The molecule has 0 saturated carbocycles. The molecule has 100 valence electrons. The van der Waals surface area contributed by atoms with Gasteiger partial charge in [0.2, 0.25) is 0 Å². The van der Waals surface area contributed by atoms with Crippen LogP contribution in [0.25, 0.3) is 16.7 Å². The van der Waals surface area contributed by atoms with Crippen molar-refractivity contribution in [1.82, 2.24) is 9.55 Å². The number of carbonyl (C=O) groups is 1. The maximum Gasteiger partial charge on any atom is 0.337 e. The molecule has 4 nitrogen and oxygen atoms in total. The number of fused-ring (bicyclic) bond motifs is 1. The molecule has 2 aromatic carbocycles. The molecule has 0 radical (unpaired) electrons. The summed E-state index contributed by atoms with van der Waals surface area (Å²) in [5, 5.41) is 9.08. The van der Waals surface area contributed by atoms with E-state index in [1.807, 2.05) is 0 Å². The van der Waals surface area contributed by atoms with Crippen LogP contribution in [0.15, 0.2) is 42.7 Å². The van der Waals surface area contributed by atoms with Crippen LogP contribution in [-0.4, -0.2) is 20.6 Å². The van der Waals surface area contributed by atoms with E-state index in [0.717, 1.165) is 12.1 Å². The zero-order valence-electron chi connectivity index (χ0n) is 10.0. The molecule has 1 N–H and O–H groups in total. The second-order valence-corrected chi connectivity index (χ2v) is 4.19. The third kappa shape index (κ3) is 1.82. The van der Waals surface area contributed by atoms with E-state index in [1.54, 1.807) is 12.1 Å². The van der Waals surface area contributed by atoms with Crippen LogP contribution < -0.4 is 0 Å². The number of halogens is 2. The number of imidazole rings is 1. The zero-order chi connectivity index (χ0) is 14.3. The molecule has 0 bridgehead atoms. The molecule has 0 aliphatic rings. The van der Waals surface area contributed by atoms with Gasteiger partial charge in [-0.2, -0.15) is 0 Å². The van der Waals surface area contributed by atoms with E-state index < -0.39 is 17.6 Å². The van der Waals surface area contributed by atoms with Crippen LogP contribution in [0.2, 0.25) is 0 Å². The Kier molecular flexibility index (Phi) is 2.71. The smallest absolute Gasteiger partial charge is 0.337 e. The quantitative estimate of drug-likeness (QED) is 0.781. The average molecular weight is 274 g/mol. The van der Waals surface area contributed by atoms with Gasteiger partial charge in [-0.25, -0.2) is 18.6 Å². The molecule has 0 spiro atoms. The van der Waals surface area contributed by atoms with E-state index in [9.17, 15) is 13.6 Å². The fraction of sp³-hybridized carbons (Fsp3) is 0. The topological polar surface area (TPSA) is 55.1 Å². The minimum Gasteiger partial charge on any atom is -0.478 e. The van der Waals surface area contributed by atoms with Crippen LogP contribution in [0.3, 0.4) is 0 Å². The number of benzene rings is 2. The zero-order valence-corrected chi connectivity index (χ0v) is 10.0. The fourth-order valence-electron chi connectivity index (χ4n) is 2.08. The number of para-hydroxylation sites is 1. The Bertz CT molecular complexity index is 827. The largest absolute Gasteiger partial charge is 0.478 e. The van der Waals surface area contributed by atoms with Crippen molar-refractivity contribution in [2.24, 2.45) is 0 Å². The lowest BCUT2D eigenvalue weighted by Crippen LogP contribution is -1.99. The van der Waals surface area contributed by atoms with Gasteiger partial charge >= 0.3 is 5.97 Å². The van der Waals surface area contributed by atoms with Gasteiger partial charge in [0.1, 0.15) is 23.5 Å². The summed E-state index contributed by atoms with van der Waals surface area (Å²) in [5.41, 5.74) is 0.833. The highest BCUT2D eigenvalue weighted by Crippen LogP contribution is 2.23. The highest BCUT2D eigenvalue weighted by Gasteiger charge is 2.15. The van der Waals surface area contributed by atoms with Crippen molar-refractivity contribution >= 4 is 17.0 Å². The number of hydrogen-bond acceptors (Lipinski definition) is 2. The molecular weight excluding hydrogens is 266 g/mol. The summed E-state index contributed by atoms with van der Waals surface area (Å²) in [6.07, 6.45) is 1.31. The second-order valence-electron chi connectivity index (χ2n) is 4.19. The molecule has 3 aromatic rings. The Hall–Kier alpha value is -2.76. The van der Waals surface area contributed by atoms with E-state index in [-0.39, 0.29) is 16.8 Å². The summed E-state index contributed by atoms with van der Waals surface area (Å²) < 4.78 is 28.1. The molecule has 0 saturated heterocycles. The minimum atomic E-state index is -1.11. The van der Waals surface area contributed by atoms with Gasteiger partial charge in [0.05, 0.1) is 16.8 Å². The average Bonchev–Trinajstić information content (AvgIpc) is 2.82. The summed E-state index contributed by atoms with van der Waals surface area (Å²) in [5.74, 6) is -2.53. The number of carboxylic acids is 1. The summed E-state index contributed by atoms with van der Waals surface area (Å²) in [7, 11) is 0. The number of aromatic nitrogens is 2. The Balaban J connectivity index is 2.28. The van der Waals surface area contributed by atoms with E-state index in [4.69, 9.17) is 5.11 Å². The first-order chi connectivity index (χ1) is 9.58. The van der Waals surface area contributed by atoms with Crippen molar-refractivity contribution in [2.75, 3.05) is 0 Å². The molecule has 0 unspecified atom stereocenters. The highest BCUT2D eigenvalue weighted by molar-refractivity contribution is 6.01. The fourth-order valence-corrected chi connectivity index (χ4v) is 2.08. The molecule has 0 aliphatic carbocycles. The lowest BCUT2D eigenvalue weighted by Gasteiger charge is -2.06. The predicted octanol–water partition coefficient (Wildman–Crippen LogP) is 3.00. The highest BCUT2D eigenvalue weighted by atomic mass is 19.1. The maximum absolute atomic E-state index is 13.8. The summed E-state index contributed by atoms with van der Waals surface area (Å²) >= 11 is 0. The first-order valence-electron chi connectivity index (χ1n) is 5.72. The normalized spacial score (nSPS) is 10.9. The van der Waals surface area contributed by atoms with Crippen molar-refractivity contribution in [2.45, 2.75) is 0 Å². The minimum absolute atomic E-state index is 0.0313. The summed E-state index contributed by atoms with van der Waals surface area (Å²) in [6, 6.07) is 7.76. The predicted molar refractivity (Wildman–Crippen MR) is 67.9 cm³/mol. The lowest BCUT2D eigenvalue weighted by atomic mass is 10.2. The first kappa shape index (κ1) is 12.3. The Morgan fingerprint density at radius 1 is 1.20 bits per heavy atom. The number of aromatic carboxylic acids is 1. The van der Waals surface area contributed by atoms with Gasteiger partial charge in [0.15, 0.2) is 0 Å². The van der Waals surface area contributed by atoms with Gasteiger partial charge in [-0.1, -0.05) is 6.07 Å². The van der Waals surface area contributed by atoms with Gasteiger partial charge < -0.3 is 5.11 Å². The third-order valence-electron chi connectivity index (χ3n) is 2.98. The van der Waals surface area contributed by atoms with Crippen molar-refractivity contribution in [1.29, 1.82) is 0 Å². The monoisotopic (exact) mass is 274 g/mol. The number of carboxylic acid groups (broad SMARTS) is 1. The van der Waals surface area contributed by atoms with Gasteiger partial charge in [-0.15, -0.1) is 0 Å². The third-order valence-corrected chi connectivity index (χ3v) is 2.98. The number of rotatable bonds is 2. The summed E-state index contributed by atoms with van der Waals surface area (Å²) in [4.78, 5) is 15.1. The Labute approximate surface area is 111 Å². The van der Waals surface area contributed by atoms with Gasteiger partial charge in [0, 0.05) is 6.07 Å². The molecule has 1 heterocycles. The van der Waals surface area contributed by atoms with Crippen LogP contribution in [0, 0.1) is 11.6 Å². The lowest BCUT2D eigenvalue weighted by molar-refractivity contribution is 0.0699. The van der Waals surface area contributed by atoms with Crippen LogP contribution in [-0.2, 0) is 0 Å². The van der Waals surface area contributed by atoms with Crippen LogP contribution in [0.4, 0.5) is 8.78 Å². The van der Waals surface area contributed by atoms with Crippen LogP contribution >= 0.6 is 0 Å². The van der Waals surface area contributed by atoms with E-state index >= 15 is 0 Å². The van der Waals surface area contributed by atoms with E-state index in [0.29, 0.717) is 5.52 Å². The Morgan fingerprint density at radius 3 is 2.70 bits per heavy atom. The molecule has 0 aliphatic heterocycles. The van der Waals surface area contributed by atoms with Gasteiger partial charge in [-0.3, -0.25) is 4.57 Å². The van der Waals surface area contributed by atoms with Crippen molar-refractivity contribution in [3.8, 4) is 5.69 Å². The summed E-state index contributed by atoms with van der Waals surface area (Å²) in [6.45, 7) is 0. The SMILES string of the molecule is O=C(O)c1cccc2c1ncn2-c1ccc(F)cc1F. The maximum atomic E-state index is 13.8. The van der Waals surface area contributed by atoms with Gasteiger partial charge in [0.25, 0.3) is 0 Å². The van der Waals surface area contributed by atoms with Gasteiger partial charge in [-0.05, 0) is 24.3 Å². The Morgan fingerprint density at radius 2 is 2.00 bits per heavy atom. The molecule has 3 rings (SSSR count). The standard InChI is InChI=1S/C14H8F2N2O2/c15-8-4-5-11(10(16)6-8)18-7-17-13-9(14(19)20)2-1-3-12(13)18/h1-7H,(H,19,20). The second kappa shape index (κ2) is 4.41.